The Bertz CT molecular complexity index is 241. The normalized spacial score (nSPS) is 9.80. The number of allylic oxidation sites excluding steroid dienone is 1. The summed E-state index contributed by atoms with van der Waals surface area (Å²) in [6, 6.07) is 3.97. The number of hydrogen-bond acceptors (Lipinski definition) is 4. The third kappa shape index (κ3) is 2.47. The smallest absolute Gasteiger partial charge is 0.128 e. The van der Waals surface area contributed by atoms with E-state index in [0.29, 0.717) is 0 Å². The molecule has 0 aliphatic carbocycles. The lowest BCUT2D eigenvalue weighted by Crippen LogP contribution is -2.13. The summed E-state index contributed by atoms with van der Waals surface area (Å²) in [6.07, 6.45) is 1.11. The lowest BCUT2D eigenvalue weighted by molar-refractivity contribution is 1.04. The van der Waals surface area contributed by atoms with Crippen LogP contribution in [0.25, 0.3) is 0 Å². The second kappa shape index (κ2) is 4.09. The maximum absolute atomic E-state index is 8.16. The van der Waals surface area contributed by atoms with Gasteiger partial charge in [0, 0.05) is 0 Å². The van der Waals surface area contributed by atoms with E-state index >= 15 is 0 Å². The Kier molecular flexibility index (Phi) is 3.34. The summed E-state index contributed by atoms with van der Waals surface area (Å²) in [5.41, 5.74) is 4.95. The number of nitriles is 3. The van der Waals surface area contributed by atoms with Gasteiger partial charge in [0.2, 0.25) is 0 Å². The Morgan fingerprint density at radius 2 is 1.80 bits per heavy atom. The topological polar surface area (TPSA) is 97.4 Å². The molecule has 0 aromatic rings. The predicted octanol–water partition coefficient (Wildman–Crippen LogP) is -0.189. The van der Waals surface area contributed by atoms with E-state index < -0.39 is 6.04 Å². The second-order valence-electron chi connectivity index (χ2n) is 1.46. The highest BCUT2D eigenvalue weighted by Gasteiger charge is 1.96. The molecule has 0 aromatic heterocycles. The van der Waals surface area contributed by atoms with Crippen LogP contribution < -0.4 is 5.73 Å². The van der Waals surface area contributed by atoms with E-state index in [9.17, 15) is 0 Å². The molecule has 0 rings (SSSR count). The molecule has 0 radical (unpaired) electrons. The van der Waals surface area contributed by atoms with E-state index in [2.05, 4.69) is 0 Å². The molecule has 0 aliphatic rings. The Hall–Kier alpha value is -1.83. The van der Waals surface area contributed by atoms with Crippen LogP contribution in [0.4, 0.5) is 0 Å². The van der Waals surface area contributed by atoms with E-state index in [1.807, 2.05) is 0 Å². The molecule has 0 bridgehead atoms. The van der Waals surface area contributed by atoms with Crippen molar-refractivity contribution in [3.05, 3.63) is 11.6 Å². The molecule has 4 nitrogen and oxygen atoms in total. The summed E-state index contributed by atoms with van der Waals surface area (Å²) < 4.78 is 0. The van der Waals surface area contributed by atoms with E-state index in [1.165, 1.54) is 0 Å². The summed E-state index contributed by atoms with van der Waals surface area (Å²) in [7, 11) is 0. The van der Waals surface area contributed by atoms with Crippen LogP contribution in [-0.4, -0.2) is 6.04 Å². The molecule has 1 atom stereocenters. The molecular weight excluding hydrogens is 128 g/mol. The van der Waals surface area contributed by atoms with Crippen LogP contribution in [-0.2, 0) is 0 Å². The first-order valence-corrected chi connectivity index (χ1v) is 2.41. The first kappa shape index (κ1) is 8.17. The lowest BCUT2D eigenvalue weighted by Gasteiger charge is -1.87. The molecule has 2 N–H and O–H groups in total. The van der Waals surface area contributed by atoms with Crippen molar-refractivity contribution in [3.8, 4) is 18.2 Å². The zero-order valence-electron chi connectivity index (χ0n) is 5.07. The molecule has 4 heteroatoms. The molecule has 0 fully saturated rings. The summed E-state index contributed by atoms with van der Waals surface area (Å²) in [5.74, 6) is 0. The first-order chi connectivity index (χ1) is 4.74. The SMILES string of the molecule is N#CC(C#N)=CC(N)C#N. The zero-order valence-corrected chi connectivity index (χ0v) is 5.07. The third-order valence-electron chi connectivity index (χ3n) is 0.736. The van der Waals surface area contributed by atoms with Gasteiger partial charge in [-0.05, 0) is 6.08 Å². The number of nitrogens with zero attached hydrogens (tertiary/aromatic N) is 3. The summed E-state index contributed by atoms with van der Waals surface area (Å²) in [5, 5.41) is 24.5. The van der Waals surface area contributed by atoms with Gasteiger partial charge >= 0.3 is 0 Å². The molecule has 1 unspecified atom stereocenters. The van der Waals surface area contributed by atoms with Crippen LogP contribution in [0, 0.1) is 34.0 Å². The van der Waals surface area contributed by atoms with Crippen molar-refractivity contribution in [3.63, 3.8) is 0 Å². The van der Waals surface area contributed by atoms with Gasteiger partial charge in [-0.15, -0.1) is 0 Å². The van der Waals surface area contributed by atoms with Crippen molar-refractivity contribution in [1.82, 2.24) is 0 Å². The molecule has 48 valence electrons. The van der Waals surface area contributed by atoms with Crippen molar-refractivity contribution >= 4 is 0 Å². The van der Waals surface area contributed by atoms with Crippen LogP contribution in [0.15, 0.2) is 11.6 Å². The van der Waals surface area contributed by atoms with E-state index in [0.717, 1.165) is 6.08 Å². The maximum atomic E-state index is 8.16. The van der Waals surface area contributed by atoms with E-state index in [4.69, 9.17) is 21.5 Å². The average molecular weight is 132 g/mol. The van der Waals surface area contributed by atoms with Gasteiger partial charge in [-0.25, -0.2) is 0 Å². The van der Waals surface area contributed by atoms with Crippen molar-refractivity contribution < 1.29 is 0 Å². The molecule has 0 heterocycles. The van der Waals surface area contributed by atoms with Gasteiger partial charge in [-0.3, -0.25) is 0 Å². The molecule has 10 heavy (non-hydrogen) atoms. The van der Waals surface area contributed by atoms with Gasteiger partial charge in [0.1, 0.15) is 23.8 Å². The van der Waals surface area contributed by atoms with E-state index in [1.54, 1.807) is 18.2 Å². The highest BCUT2D eigenvalue weighted by Crippen LogP contribution is 1.90. The minimum Gasteiger partial charge on any atom is -0.313 e. The van der Waals surface area contributed by atoms with Crippen LogP contribution in [0.5, 0.6) is 0 Å². The standard InChI is InChI=1S/C6H4N4/c7-2-5(3-8)1-6(10)4-9/h1,6H,10H2. The summed E-state index contributed by atoms with van der Waals surface area (Å²) >= 11 is 0. The molecule has 0 aliphatic heterocycles. The third-order valence-corrected chi connectivity index (χ3v) is 0.736. The van der Waals surface area contributed by atoms with Gasteiger partial charge in [0.15, 0.2) is 0 Å². The van der Waals surface area contributed by atoms with E-state index in [-0.39, 0.29) is 5.57 Å². The Morgan fingerprint density at radius 1 is 1.30 bits per heavy atom. The van der Waals surface area contributed by atoms with Crippen molar-refractivity contribution in [2.24, 2.45) is 5.73 Å². The van der Waals surface area contributed by atoms with Crippen LogP contribution in [0.1, 0.15) is 0 Å². The number of rotatable bonds is 1. The molecule has 0 saturated heterocycles. The Balaban J connectivity index is 4.37. The molecule has 0 spiro atoms. The largest absolute Gasteiger partial charge is 0.313 e. The van der Waals surface area contributed by atoms with Gasteiger partial charge < -0.3 is 5.73 Å². The van der Waals surface area contributed by atoms with Crippen LogP contribution in [0.2, 0.25) is 0 Å². The fourth-order valence-electron chi connectivity index (χ4n) is 0.316. The maximum Gasteiger partial charge on any atom is 0.128 e. The summed E-state index contributed by atoms with van der Waals surface area (Å²) in [4.78, 5) is 0. The van der Waals surface area contributed by atoms with Gasteiger partial charge in [0.05, 0.1) is 6.07 Å². The highest BCUT2D eigenvalue weighted by molar-refractivity contribution is 5.37. The molecule has 0 aromatic carbocycles. The quantitative estimate of drug-likeness (QED) is 0.500. The monoisotopic (exact) mass is 132 g/mol. The highest BCUT2D eigenvalue weighted by atomic mass is 14.6. The van der Waals surface area contributed by atoms with Gasteiger partial charge in [-0.1, -0.05) is 0 Å². The van der Waals surface area contributed by atoms with Crippen molar-refractivity contribution in [1.29, 1.82) is 15.8 Å². The summed E-state index contributed by atoms with van der Waals surface area (Å²) in [6.45, 7) is 0. The average Bonchev–Trinajstić information content (AvgIpc) is 1.99. The molecular formula is C6H4N4. The second-order valence-corrected chi connectivity index (χ2v) is 1.46. The fraction of sp³-hybridized carbons (Fsp3) is 0.167. The van der Waals surface area contributed by atoms with Crippen LogP contribution >= 0.6 is 0 Å². The Labute approximate surface area is 58.4 Å². The lowest BCUT2D eigenvalue weighted by atomic mass is 10.2. The number of nitrogens with two attached hydrogens (primary N) is 1. The molecule has 0 saturated carbocycles. The van der Waals surface area contributed by atoms with Crippen molar-refractivity contribution in [2.45, 2.75) is 6.04 Å². The minimum atomic E-state index is -0.866. The van der Waals surface area contributed by atoms with Gasteiger partial charge in [-0.2, -0.15) is 15.8 Å². The minimum absolute atomic E-state index is 0.131. The predicted molar refractivity (Wildman–Crippen MR) is 32.9 cm³/mol. The Morgan fingerprint density at radius 3 is 2.10 bits per heavy atom. The molecule has 0 amide bonds. The number of hydrogen-bond donors (Lipinski definition) is 1. The van der Waals surface area contributed by atoms with Crippen LogP contribution in [0.3, 0.4) is 0 Å². The zero-order chi connectivity index (χ0) is 7.98. The fourth-order valence-corrected chi connectivity index (χ4v) is 0.316. The van der Waals surface area contributed by atoms with Crippen molar-refractivity contribution in [2.75, 3.05) is 0 Å². The van der Waals surface area contributed by atoms with Gasteiger partial charge in [0.25, 0.3) is 0 Å². The first-order valence-electron chi connectivity index (χ1n) is 2.41.